The number of hydrogen-bond donors (Lipinski definition) is 0. The molecule has 212 valence electrons. The number of esters is 1. The topological polar surface area (TPSA) is 103 Å². The number of rotatable bonds is 8. The molecule has 1 aliphatic rings. The second kappa shape index (κ2) is 12.7. The van der Waals surface area contributed by atoms with E-state index in [0.29, 0.717) is 46.8 Å². The normalized spacial score (nSPS) is 14.5. The molecule has 0 aliphatic carbocycles. The second-order valence-corrected chi connectivity index (χ2v) is 11.1. The van der Waals surface area contributed by atoms with Crippen LogP contribution in [0.25, 0.3) is 11.8 Å². The van der Waals surface area contributed by atoms with Crippen LogP contribution in [0, 0.1) is 20.7 Å². The van der Waals surface area contributed by atoms with Crippen LogP contribution in [-0.2, 0) is 9.53 Å². The van der Waals surface area contributed by atoms with E-state index in [4.69, 9.17) is 24.5 Å². The molecule has 42 heavy (non-hydrogen) atoms. The summed E-state index contributed by atoms with van der Waals surface area (Å²) in [7, 11) is 1.49. The van der Waals surface area contributed by atoms with Gasteiger partial charge in [-0.2, -0.15) is 5.26 Å². The third-order valence-corrected chi connectivity index (χ3v) is 8.17. The molecule has 0 amide bonds. The molecule has 5 rings (SSSR count). The number of nitrogens with zero attached hydrogens (tertiary/aromatic N) is 3. The minimum atomic E-state index is -0.908. The third kappa shape index (κ3) is 5.73. The van der Waals surface area contributed by atoms with Gasteiger partial charge in [-0.3, -0.25) is 9.36 Å². The first-order valence-corrected chi connectivity index (χ1v) is 14.7. The lowest BCUT2D eigenvalue weighted by Crippen LogP contribution is -2.40. The fourth-order valence-corrected chi connectivity index (χ4v) is 6.40. The maximum absolute atomic E-state index is 14.0. The highest BCUT2D eigenvalue weighted by molar-refractivity contribution is 14.1. The molecule has 0 bridgehead atoms. The van der Waals surface area contributed by atoms with Gasteiger partial charge < -0.3 is 14.2 Å². The second-order valence-electron chi connectivity index (χ2n) is 8.96. The highest BCUT2D eigenvalue weighted by atomic mass is 127. The van der Waals surface area contributed by atoms with E-state index in [-0.39, 0.29) is 24.3 Å². The van der Waals surface area contributed by atoms with Crippen LogP contribution in [0.2, 0.25) is 0 Å². The van der Waals surface area contributed by atoms with Gasteiger partial charge in [-0.1, -0.05) is 53.8 Å². The number of halogens is 2. The Morgan fingerprint density at radius 1 is 1.19 bits per heavy atom. The Morgan fingerprint density at radius 3 is 2.60 bits per heavy atom. The van der Waals surface area contributed by atoms with E-state index in [1.54, 1.807) is 31.2 Å². The number of thiazole rings is 1. The molecular formula is C31H23FIN3O5S. The van der Waals surface area contributed by atoms with Gasteiger partial charge in [0, 0.05) is 5.56 Å². The van der Waals surface area contributed by atoms with Crippen LogP contribution in [0.15, 0.2) is 82.1 Å². The predicted octanol–water partition coefficient (Wildman–Crippen LogP) is 4.59. The molecular weight excluding hydrogens is 672 g/mol. The Kier molecular flexibility index (Phi) is 8.84. The van der Waals surface area contributed by atoms with Crippen molar-refractivity contribution in [3.05, 3.63) is 118 Å². The number of carbonyl (C=O) groups excluding carboxylic acids is 1. The zero-order valence-corrected chi connectivity index (χ0v) is 25.4. The molecule has 0 N–H and O–H groups in total. The standard InChI is InChI=1S/C31H23FIN3O5S/c1-3-40-30(38)25-26(19-7-5-4-6-8-19)35-31-36(27(25)20-9-11-21(32)12-10-20)29(37)24(42-31)17-18-15-22(33)28(41-14-13-34)23(16-18)39-2/h4-12,15-17,27H,3,14H2,1-2H3/b24-17-/t27-/m0/s1. The van der Waals surface area contributed by atoms with Crippen molar-refractivity contribution >= 4 is 51.7 Å². The lowest BCUT2D eigenvalue weighted by Gasteiger charge is -2.25. The number of nitriles is 1. The minimum absolute atomic E-state index is 0.125. The number of methoxy groups -OCH3 is 1. The first kappa shape index (κ1) is 29.2. The molecule has 8 nitrogen and oxygen atoms in total. The summed E-state index contributed by atoms with van der Waals surface area (Å²) in [5, 5.41) is 8.91. The number of benzene rings is 3. The van der Waals surface area contributed by atoms with Crippen LogP contribution in [0.1, 0.15) is 29.7 Å². The van der Waals surface area contributed by atoms with E-state index >= 15 is 0 Å². The Morgan fingerprint density at radius 2 is 1.93 bits per heavy atom. The molecule has 4 aromatic rings. The molecule has 0 unspecified atom stereocenters. The fraction of sp³-hybridized carbons (Fsp3) is 0.161. The molecule has 0 spiro atoms. The van der Waals surface area contributed by atoms with Gasteiger partial charge in [0.15, 0.2) is 22.9 Å². The van der Waals surface area contributed by atoms with E-state index in [0.717, 1.165) is 0 Å². The zero-order valence-electron chi connectivity index (χ0n) is 22.5. The Hall–Kier alpha value is -4.28. The summed E-state index contributed by atoms with van der Waals surface area (Å²) in [5.41, 5.74) is 2.07. The van der Waals surface area contributed by atoms with Gasteiger partial charge in [-0.25, -0.2) is 14.2 Å². The van der Waals surface area contributed by atoms with Crippen LogP contribution in [-0.4, -0.2) is 30.9 Å². The van der Waals surface area contributed by atoms with Crippen molar-refractivity contribution in [2.75, 3.05) is 20.3 Å². The predicted molar refractivity (Wildman–Crippen MR) is 164 cm³/mol. The van der Waals surface area contributed by atoms with Crippen LogP contribution in [0.5, 0.6) is 11.5 Å². The Bertz CT molecular complexity index is 1910. The maximum atomic E-state index is 14.0. The fourth-order valence-electron chi connectivity index (χ4n) is 4.62. The van der Waals surface area contributed by atoms with E-state index in [9.17, 15) is 14.0 Å². The summed E-state index contributed by atoms with van der Waals surface area (Å²) < 4.78 is 32.9. The van der Waals surface area contributed by atoms with Gasteiger partial charge >= 0.3 is 5.97 Å². The number of fused-ring (bicyclic) bond motifs is 1. The van der Waals surface area contributed by atoms with Crippen molar-refractivity contribution in [2.45, 2.75) is 13.0 Å². The number of hydrogen-bond acceptors (Lipinski definition) is 8. The van der Waals surface area contributed by atoms with Gasteiger partial charge in [0.25, 0.3) is 5.56 Å². The molecule has 3 aromatic carbocycles. The maximum Gasteiger partial charge on any atom is 0.338 e. The summed E-state index contributed by atoms with van der Waals surface area (Å²) in [4.78, 5) is 32.7. The SMILES string of the molecule is CCOC(=O)C1=C(c2ccccc2)N=c2s/c(=C\c3cc(I)c(OCC#N)c(OC)c3)c(=O)n2[C@H]1c1ccc(F)cc1. The summed E-state index contributed by atoms with van der Waals surface area (Å²) in [5.74, 6) is -0.213. The van der Waals surface area contributed by atoms with Gasteiger partial charge in [0.1, 0.15) is 11.9 Å². The Balaban J connectivity index is 1.77. The molecule has 1 atom stereocenters. The van der Waals surface area contributed by atoms with Crippen molar-refractivity contribution < 1.29 is 23.4 Å². The van der Waals surface area contributed by atoms with Crippen molar-refractivity contribution in [1.29, 1.82) is 5.26 Å². The first-order valence-electron chi connectivity index (χ1n) is 12.8. The smallest absolute Gasteiger partial charge is 0.338 e. The average molecular weight is 696 g/mol. The molecule has 0 fully saturated rings. The van der Waals surface area contributed by atoms with Crippen LogP contribution in [0.4, 0.5) is 4.39 Å². The van der Waals surface area contributed by atoms with E-state index in [1.165, 1.54) is 35.1 Å². The van der Waals surface area contributed by atoms with Crippen molar-refractivity contribution in [1.82, 2.24) is 4.57 Å². The molecule has 0 saturated heterocycles. The lowest BCUT2D eigenvalue weighted by molar-refractivity contribution is -0.138. The molecule has 1 aliphatic heterocycles. The highest BCUT2D eigenvalue weighted by Crippen LogP contribution is 2.36. The van der Waals surface area contributed by atoms with Gasteiger partial charge in [0.2, 0.25) is 0 Å². The number of carbonyl (C=O) groups is 1. The van der Waals surface area contributed by atoms with Crippen LogP contribution < -0.4 is 24.4 Å². The largest absolute Gasteiger partial charge is 0.493 e. The molecule has 0 radical (unpaired) electrons. The van der Waals surface area contributed by atoms with Gasteiger partial charge in [-0.05, 0) is 71.0 Å². The third-order valence-electron chi connectivity index (χ3n) is 6.39. The molecule has 0 saturated carbocycles. The Labute approximate surface area is 257 Å². The van der Waals surface area contributed by atoms with Crippen molar-refractivity contribution in [2.24, 2.45) is 4.99 Å². The average Bonchev–Trinajstić information content (AvgIpc) is 3.30. The van der Waals surface area contributed by atoms with Crippen LogP contribution >= 0.6 is 33.9 Å². The summed E-state index contributed by atoms with van der Waals surface area (Å²) in [6.07, 6.45) is 1.71. The first-order chi connectivity index (χ1) is 20.4. The number of ether oxygens (including phenoxy) is 3. The van der Waals surface area contributed by atoms with E-state index < -0.39 is 17.8 Å². The lowest BCUT2D eigenvalue weighted by atomic mass is 9.93. The van der Waals surface area contributed by atoms with Gasteiger partial charge in [0.05, 0.1) is 39.1 Å². The monoisotopic (exact) mass is 695 g/mol. The minimum Gasteiger partial charge on any atom is -0.493 e. The molecule has 1 aromatic heterocycles. The zero-order chi connectivity index (χ0) is 29.8. The summed E-state index contributed by atoms with van der Waals surface area (Å²) in [6.45, 7) is 1.69. The number of aromatic nitrogens is 1. The van der Waals surface area contributed by atoms with Gasteiger partial charge in [-0.15, -0.1) is 0 Å². The summed E-state index contributed by atoms with van der Waals surface area (Å²) >= 11 is 3.25. The van der Waals surface area contributed by atoms with E-state index in [1.807, 2.05) is 42.5 Å². The van der Waals surface area contributed by atoms with Crippen LogP contribution in [0.3, 0.4) is 0 Å². The van der Waals surface area contributed by atoms with Crippen molar-refractivity contribution in [3.63, 3.8) is 0 Å². The molecule has 11 heteroatoms. The highest BCUT2D eigenvalue weighted by Gasteiger charge is 2.35. The molecule has 2 heterocycles. The van der Waals surface area contributed by atoms with Crippen molar-refractivity contribution in [3.8, 4) is 17.6 Å². The summed E-state index contributed by atoms with van der Waals surface area (Å²) in [6, 6.07) is 19.4. The van der Waals surface area contributed by atoms with E-state index in [2.05, 4.69) is 22.6 Å². The quantitative estimate of drug-likeness (QED) is 0.198.